The molecule has 0 saturated heterocycles. The minimum Gasteiger partial charge on any atom is -0.487 e. The van der Waals surface area contributed by atoms with Gasteiger partial charge in [-0.05, 0) is 55.7 Å². The van der Waals surface area contributed by atoms with Crippen molar-refractivity contribution in [2.24, 2.45) is 17.3 Å². The first kappa shape index (κ1) is 14.2. The van der Waals surface area contributed by atoms with Crippen molar-refractivity contribution >= 4 is 21.8 Å². The van der Waals surface area contributed by atoms with E-state index in [2.05, 4.69) is 63.0 Å². The number of benzene rings is 2. The number of H-pyrrole nitrogens is 1. The molecule has 0 radical (unpaired) electrons. The molecule has 4 atom stereocenters. The lowest BCUT2D eigenvalue weighted by Gasteiger charge is -2.62. The molecule has 2 fully saturated rings. The predicted molar refractivity (Wildman–Crippen MR) is 102 cm³/mol. The molecule has 2 heterocycles. The van der Waals surface area contributed by atoms with E-state index in [-0.39, 0.29) is 5.60 Å². The fourth-order valence-electron chi connectivity index (χ4n) is 6.68. The average molecular weight is 331 g/mol. The van der Waals surface area contributed by atoms with Crippen molar-refractivity contribution in [3.05, 3.63) is 41.5 Å². The summed E-state index contributed by atoms with van der Waals surface area (Å²) in [5.41, 5.74) is 5.68. The van der Waals surface area contributed by atoms with Gasteiger partial charge in [0.1, 0.15) is 11.4 Å². The third-order valence-electron chi connectivity index (χ3n) is 7.83. The number of para-hydroxylation sites is 1. The van der Waals surface area contributed by atoms with E-state index in [1.54, 1.807) is 0 Å². The summed E-state index contributed by atoms with van der Waals surface area (Å²) in [6.45, 7) is 9.55. The standard InChI is InChI=1S/C23H25NO/c1-12-11-14-13-7-5-6-8-16(13)24-20(14)17-19-18-15(22(19,2)3)9-10-23(18,4)25-21(12)17/h5-8,11,15,18-19,24H,9-10H2,1-4H3/t15?,18-,19-,23+/m0/s1. The Hall–Kier alpha value is -1.96. The summed E-state index contributed by atoms with van der Waals surface area (Å²) >= 11 is 0. The van der Waals surface area contributed by atoms with Crippen LogP contribution in [-0.2, 0) is 0 Å². The number of ether oxygens (including phenoxy) is 1. The summed E-state index contributed by atoms with van der Waals surface area (Å²) in [5.74, 6) is 3.24. The molecule has 25 heavy (non-hydrogen) atoms. The number of nitrogens with one attached hydrogen (secondary N) is 1. The van der Waals surface area contributed by atoms with Crippen LogP contribution in [0.4, 0.5) is 0 Å². The zero-order chi connectivity index (χ0) is 17.1. The van der Waals surface area contributed by atoms with Crippen LogP contribution in [0.1, 0.15) is 50.7 Å². The molecule has 0 bridgehead atoms. The highest BCUT2D eigenvalue weighted by Crippen LogP contribution is 2.74. The Morgan fingerprint density at radius 1 is 1.12 bits per heavy atom. The zero-order valence-corrected chi connectivity index (χ0v) is 15.4. The number of aryl methyl sites for hydroxylation is 1. The fourth-order valence-corrected chi connectivity index (χ4v) is 6.68. The van der Waals surface area contributed by atoms with Crippen LogP contribution in [0.15, 0.2) is 30.3 Å². The average Bonchev–Trinajstić information content (AvgIpc) is 3.10. The molecule has 1 aromatic heterocycles. The Bertz CT molecular complexity index is 1060. The van der Waals surface area contributed by atoms with Crippen molar-refractivity contribution in [1.29, 1.82) is 0 Å². The van der Waals surface area contributed by atoms with Crippen LogP contribution in [0.2, 0.25) is 0 Å². The van der Waals surface area contributed by atoms with E-state index in [1.165, 1.54) is 45.8 Å². The molecule has 128 valence electrons. The molecule has 3 aliphatic rings. The van der Waals surface area contributed by atoms with Crippen molar-refractivity contribution < 1.29 is 4.74 Å². The van der Waals surface area contributed by atoms with Gasteiger partial charge in [0.25, 0.3) is 0 Å². The molecule has 3 aromatic rings. The van der Waals surface area contributed by atoms with Gasteiger partial charge in [-0.15, -0.1) is 0 Å². The monoisotopic (exact) mass is 331 g/mol. The molecular weight excluding hydrogens is 306 g/mol. The van der Waals surface area contributed by atoms with Crippen molar-refractivity contribution in [3.63, 3.8) is 0 Å². The summed E-state index contributed by atoms with van der Waals surface area (Å²) in [5, 5.41) is 2.69. The van der Waals surface area contributed by atoms with Gasteiger partial charge in [-0.1, -0.05) is 32.0 Å². The smallest absolute Gasteiger partial charge is 0.128 e. The summed E-state index contributed by atoms with van der Waals surface area (Å²) in [6.07, 6.45) is 2.51. The van der Waals surface area contributed by atoms with Crippen LogP contribution in [0.25, 0.3) is 21.8 Å². The van der Waals surface area contributed by atoms with E-state index in [1.807, 2.05) is 0 Å². The second-order valence-corrected chi connectivity index (χ2v) is 9.41. The number of rotatable bonds is 0. The van der Waals surface area contributed by atoms with E-state index in [4.69, 9.17) is 4.74 Å². The molecule has 2 saturated carbocycles. The lowest BCUT2D eigenvalue weighted by Crippen LogP contribution is -2.59. The lowest BCUT2D eigenvalue weighted by molar-refractivity contribution is -0.119. The van der Waals surface area contributed by atoms with Crippen molar-refractivity contribution in [3.8, 4) is 5.75 Å². The molecule has 1 N–H and O–H groups in total. The molecular formula is C23H25NO. The van der Waals surface area contributed by atoms with Crippen molar-refractivity contribution in [2.45, 2.75) is 52.1 Å². The maximum Gasteiger partial charge on any atom is 0.128 e. The Morgan fingerprint density at radius 3 is 2.76 bits per heavy atom. The first-order valence-electron chi connectivity index (χ1n) is 9.65. The van der Waals surface area contributed by atoms with Crippen LogP contribution in [0.5, 0.6) is 5.75 Å². The number of aromatic nitrogens is 1. The van der Waals surface area contributed by atoms with Gasteiger partial charge in [0.05, 0.1) is 5.52 Å². The highest BCUT2D eigenvalue weighted by atomic mass is 16.5. The van der Waals surface area contributed by atoms with Crippen LogP contribution in [0.3, 0.4) is 0 Å². The Labute approximate surface area is 148 Å². The summed E-state index contributed by atoms with van der Waals surface area (Å²) in [4.78, 5) is 3.74. The molecule has 2 aliphatic carbocycles. The molecule has 1 unspecified atom stereocenters. The van der Waals surface area contributed by atoms with E-state index in [0.29, 0.717) is 17.3 Å². The van der Waals surface area contributed by atoms with Gasteiger partial charge >= 0.3 is 0 Å². The molecule has 2 heteroatoms. The predicted octanol–water partition coefficient (Wildman–Crippen LogP) is 5.93. The molecule has 1 aliphatic heterocycles. The van der Waals surface area contributed by atoms with E-state index >= 15 is 0 Å². The van der Waals surface area contributed by atoms with Crippen LogP contribution < -0.4 is 4.74 Å². The van der Waals surface area contributed by atoms with Gasteiger partial charge < -0.3 is 9.72 Å². The maximum atomic E-state index is 6.75. The van der Waals surface area contributed by atoms with E-state index in [0.717, 1.165) is 11.7 Å². The van der Waals surface area contributed by atoms with E-state index in [9.17, 15) is 0 Å². The van der Waals surface area contributed by atoms with Gasteiger partial charge in [0.15, 0.2) is 0 Å². The molecule has 6 rings (SSSR count). The Morgan fingerprint density at radius 2 is 1.92 bits per heavy atom. The molecule has 0 amide bonds. The maximum absolute atomic E-state index is 6.75. The SMILES string of the molecule is Cc1cc2c([nH]c3ccccc32)c2c1O[C@]1(C)CCC3[C@H]1[C@H]2C3(C)C. The first-order valence-corrected chi connectivity index (χ1v) is 9.65. The summed E-state index contributed by atoms with van der Waals surface area (Å²) in [6, 6.07) is 11.0. The number of aromatic amines is 1. The summed E-state index contributed by atoms with van der Waals surface area (Å²) < 4.78 is 6.75. The highest BCUT2D eigenvalue weighted by molar-refractivity contribution is 6.09. The van der Waals surface area contributed by atoms with Crippen LogP contribution in [0, 0.1) is 24.2 Å². The van der Waals surface area contributed by atoms with E-state index < -0.39 is 0 Å². The second-order valence-electron chi connectivity index (χ2n) is 9.41. The topological polar surface area (TPSA) is 25.0 Å². The van der Waals surface area contributed by atoms with Crippen LogP contribution in [-0.4, -0.2) is 10.6 Å². The van der Waals surface area contributed by atoms with Crippen molar-refractivity contribution in [2.75, 3.05) is 0 Å². The minimum atomic E-state index is 0.0301. The number of hydrogen-bond donors (Lipinski definition) is 1. The molecule has 2 nitrogen and oxygen atoms in total. The molecule has 2 aromatic carbocycles. The van der Waals surface area contributed by atoms with Gasteiger partial charge in [-0.25, -0.2) is 0 Å². The third-order valence-corrected chi connectivity index (χ3v) is 7.83. The fraction of sp³-hybridized carbons (Fsp3) is 0.478. The number of hydrogen-bond acceptors (Lipinski definition) is 1. The van der Waals surface area contributed by atoms with Gasteiger partial charge in [-0.3, -0.25) is 0 Å². The van der Waals surface area contributed by atoms with Gasteiger partial charge in [0.2, 0.25) is 0 Å². The third kappa shape index (κ3) is 1.45. The Balaban J connectivity index is 1.74. The van der Waals surface area contributed by atoms with Crippen LogP contribution >= 0.6 is 0 Å². The van der Waals surface area contributed by atoms with Gasteiger partial charge in [-0.2, -0.15) is 0 Å². The Kier molecular flexibility index (Phi) is 2.31. The largest absolute Gasteiger partial charge is 0.487 e. The minimum absolute atomic E-state index is 0.0301. The summed E-state index contributed by atoms with van der Waals surface area (Å²) in [7, 11) is 0. The first-order chi connectivity index (χ1) is 11.9. The number of fused-ring (bicyclic) bond motifs is 6. The quantitative estimate of drug-likeness (QED) is 0.542. The highest BCUT2D eigenvalue weighted by Gasteiger charge is 2.69. The molecule has 0 spiro atoms. The zero-order valence-electron chi connectivity index (χ0n) is 15.4. The normalized spacial score (nSPS) is 34.5. The lowest BCUT2D eigenvalue weighted by atomic mass is 9.45. The van der Waals surface area contributed by atoms with Crippen molar-refractivity contribution in [1.82, 2.24) is 4.98 Å². The second kappa shape index (κ2) is 4.06. The van der Waals surface area contributed by atoms with Gasteiger partial charge in [0, 0.05) is 33.7 Å².